The molecular formula is C13H13ClN4O. The summed E-state index contributed by atoms with van der Waals surface area (Å²) in [6.45, 7) is 0. The average molecular weight is 277 g/mol. The summed E-state index contributed by atoms with van der Waals surface area (Å²) >= 11 is 5.76. The molecule has 2 rings (SSSR count). The smallest absolute Gasteiger partial charge is 0.255 e. The summed E-state index contributed by atoms with van der Waals surface area (Å²) in [4.78, 5) is 21.8. The van der Waals surface area contributed by atoms with E-state index in [0.29, 0.717) is 11.3 Å². The van der Waals surface area contributed by atoms with E-state index < -0.39 is 0 Å². The standard InChI is InChI=1S/C13H13ClN4O/c1-18(2)11-4-5-15-8-10(11)17-13(19)9-3-6-16-12(14)7-9/h3-8H,1-2H3,(H,17,19). The van der Waals surface area contributed by atoms with E-state index in [-0.39, 0.29) is 11.1 Å². The van der Waals surface area contributed by atoms with Crippen LogP contribution in [0.25, 0.3) is 0 Å². The van der Waals surface area contributed by atoms with Gasteiger partial charge in [0.25, 0.3) is 5.91 Å². The second-order valence-corrected chi connectivity index (χ2v) is 4.50. The van der Waals surface area contributed by atoms with Gasteiger partial charge in [-0.15, -0.1) is 0 Å². The molecule has 2 heterocycles. The van der Waals surface area contributed by atoms with Crippen molar-refractivity contribution >= 4 is 28.9 Å². The van der Waals surface area contributed by atoms with Crippen LogP contribution in [0, 0.1) is 0 Å². The fourth-order valence-corrected chi connectivity index (χ4v) is 1.79. The van der Waals surface area contributed by atoms with Crippen molar-refractivity contribution in [2.24, 2.45) is 0 Å². The van der Waals surface area contributed by atoms with Crippen molar-refractivity contribution < 1.29 is 4.79 Å². The third-order valence-electron chi connectivity index (χ3n) is 2.52. The minimum absolute atomic E-state index is 0.250. The maximum Gasteiger partial charge on any atom is 0.255 e. The van der Waals surface area contributed by atoms with Crippen LogP contribution in [0.15, 0.2) is 36.8 Å². The van der Waals surface area contributed by atoms with E-state index in [1.807, 2.05) is 25.1 Å². The number of anilines is 2. The van der Waals surface area contributed by atoms with Crippen molar-refractivity contribution in [2.45, 2.75) is 0 Å². The van der Waals surface area contributed by atoms with Crippen LogP contribution in [0.4, 0.5) is 11.4 Å². The number of halogens is 1. The maximum atomic E-state index is 12.1. The molecule has 0 aliphatic carbocycles. The van der Waals surface area contributed by atoms with E-state index in [1.54, 1.807) is 18.5 Å². The topological polar surface area (TPSA) is 58.1 Å². The largest absolute Gasteiger partial charge is 0.376 e. The Balaban J connectivity index is 2.24. The van der Waals surface area contributed by atoms with Crippen LogP contribution in [0.2, 0.25) is 5.15 Å². The molecule has 0 fully saturated rings. The first-order valence-corrected chi connectivity index (χ1v) is 6.00. The molecule has 0 aliphatic heterocycles. The van der Waals surface area contributed by atoms with Gasteiger partial charge in [0.05, 0.1) is 17.6 Å². The van der Waals surface area contributed by atoms with Crippen molar-refractivity contribution in [1.82, 2.24) is 9.97 Å². The predicted molar refractivity (Wildman–Crippen MR) is 75.8 cm³/mol. The minimum Gasteiger partial charge on any atom is -0.376 e. The van der Waals surface area contributed by atoms with Crippen LogP contribution < -0.4 is 10.2 Å². The van der Waals surface area contributed by atoms with Gasteiger partial charge >= 0.3 is 0 Å². The molecule has 19 heavy (non-hydrogen) atoms. The first-order chi connectivity index (χ1) is 9.08. The second kappa shape index (κ2) is 5.67. The number of amides is 1. The summed E-state index contributed by atoms with van der Waals surface area (Å²) in [6.07, 6.45) is 4.78. The Morgan fingerprint density at radius 1 is 1.32 bits per heavy atom. The Bertz CT molecular complexity index is 601. The molecule has 0 spiro atoms. The molecule has 1 amide bonds. The number of nitrogens with zero attached hydrogens (tertiary/aromatic N) is 3. The molecular weight excluding hydrogens is 264 g/mol. The van der Waals surface area contributed by atoms with Crippen molar-refractivity contribution in [3.63, 3.8) is 0 Å². The fourth-order valence-electron chi connectivity index (χ4n) is 1.61. The normalized spacial score (nSPS) is 10.1. The van der Waals surface area contributed by atoms with Crippen LogP contribution >= 0.6 is 11.6 Å². The van der Waals surface area contributed by atoms with Gasteiger partial charge in [0.15, 0.2) is 0 Å². The van der Waals surface area contributed by atoms with Crippen LogP contribution in [-0.2, 0) is 0 Å². The fraction of sp³-hybridized carbons (Fsp3) is 0.154. The first kappa shape index (κ1) is 13.3. The molecule has 0 saturated heterocycles. The van der Waals surface area contributed by atoms with Crippen LogP contribution in [0.5, 0.6) is 0 Å². The molecule has 98 valence electrons. The van der Waals surface area contributed by atoms with E-state index in [9.17, 15) is 4.79 Å². The first-order valence-electron chi connectivity index (χ1n) is 5.62. The van der Waals surface area contributed by atoms with Gasteiger partial charge in [-0.05, 0) is 18.2 Å². The van der Waals surface area contributed by atoms with Gasteiger partial charge in [-0.2, -0.15) is 0 Å². The van der Waals surface area contributed by atoms with Crippen molar-refractivity contribution in [3.8, 4) is 0 Å². The second-order valence-electron chi connectivity index (χ2n) is 4.11. The monoisotopic (exact) mass is 276 g/mol. The van der Waals surface area contributed by atoms with Gasteiger partial charge in [0.2, 0.25) is 0 Å². The van der Waals surface area contributed by atoms with Crippen molar-refractivity contribution in [1.29, 1.82) is 0 Å². The number of hydrogen-bond acceptors (Lipinski definition) is 4. The molecule has 0 saturated carbocycles. The molecule has 0 radical (unpaired) electrons. The minimum atomic E-state index is -0.250. The number of carbonyl (C=O) groups is 1. The average Bonchev–Trinajstić information content (AvgIpc) is 2.39. The van der Waals surface area contributed by atoms with Gasteiger partial charge < -0.3 is 10.2 Å². The van der Waals surface area contributed by atoms with E-state index in [0.717, 1.165) is 5.69 Å². The third kappa shape index (κ3) is 3.20. The highest BCUT2D eigenvalue weighted by Gasteiger charge is 2.10. The van der Waals surface area contributed by atoms with Crippen LogP contribution in [-0.4, -0.2) is 30.0 Å². The Morgan fingerprint density at radius 3 is 2.79 bits per heavy atom. The van der Waals surface area contributed by atoms with E-state index in [1.165, 1.54) is 12.3 Å². The number of rotatable bonds is 3. The Labute approximate surface area is 116 Å². The summed E-state index contributed by atoms with van der Waals surface area (Å²) in [5, 5.41) is 3.09. The zero-order chi connectivity index (χ0) is 13.8. The number of aromatic nitrogens is 2. The number of hydrogen-bond donors (Lipinski definition) is 1. The Kier molecular flexibility index (Phi) is 3.97. The van der Waals surface area contributed by atoms with Crippen LogP contribution in [0.3, 0.4) is 0 Å². The van der Waals surface area contributed by atoms with Crippen molar-refractivity contribution in [3.05, 3.63) is 47.5 Å². The summed E-state index contributed by atoms with van der Waals surface area (Å²) in [6, 6.07) is 4.95. The molecule has 6 heteroatoms. The highest BCUT2D eigenvalue weighted by atomic mass is 35.5. The summed E-state index contributed by atoms with van der Waals surface area (Å²) in [5.41, 5.74) is 1.97. The Hall–Kier alpha value is -2.14. The molecule has 1 N–H and O–H groups in total. The molecule has 0 aliphatic rings. The molecule has 0 aromatic carbocycles. The van der Waals surface area contributed by atoms with Gasteiger partial charge in [-0.3, -0.25) is 9.78 Å². The van der Waals surface area contributed by atoms with Gasteiger partial charge in [0, 0.05) is 32.1 Å². The molecule has 5 nitrogen and oxygen atoms in total. The summed E-state index contributed by atoms with van der Waals surface area (Å²) < 4.78 is 0. The lowest BCUT2D eigenvalue weighted by Crippen LogP contribution is -2.17. The SMILES string of the molecule is CN(C)c1ccncc1NC(=O)c1ccnc(Cl)c1. The van der Waals surface area contributed by atoms with E-state index in [2.05, 4.69) is 15.3 Å². The number of pyridine rings is 2. The molecule has 2 aromatic heterocycles. The van der Waals surface area contributed by atoms with Gasteiger partial charge in [-0.1, -0.05) is 11.6 Å². The quantitative estimate of drug-likeness (QED) is 0.875. The predicted octanol–water partition coefficient (Wildman–Crippen LogP) is 2.45. The number of carbonyl (C=O) groups excluding carboxylic acids is 1. The summed E-state index contributed by atoms with van der Waals surface area (Å²) in [5.74, 6) is -0.250. The van der Waals surface area contributed by atoms with Gasteiger partial charge in [0.1, 0.15) is 5.15 Å². The highest BCUT2D eigenvalue weighted by Crippen LogP contribution is 2.23. The third-order valence-corrected chi connectivity index (χ3v) is 2.72. The van der Waals surface area contributed by atoms with Crippen molar-refractivity contribution in [2.75, 3.05) is 24.3 Å². The lowest BCUT2D eigenvalue weighted by Gasteiger charge is -2.17. The Morgan fingerprint density at radius 2 is 2.11 bits per heavy atom. The molecule has 0 atom stereocenters. The van der Waals surface area contributed by atoms with Gasteiger partial charge in [-0.25, -0.2) is 4.98 Å². The molecule has 0 bridgehead atoms. The number of nitrogens with one attached hydrogen (secondary N) is 1. The molecule has 0 unspecified atom stereocenters. The summed E-state index contributed by atoms with van der Waals surface area (Å²) in [7, 11) is 3.79. The lowest BCUT2D eigenvalue weighted by molar-refractivity contribution is 0.102. The zero-order valence-electron chi connectivity index (χ0n) is 10.6. The molecule has 2 aromatic rings. The van der Waals surface area contributed by atoms with E-state index in [4.69, 9.17) is 11.6 Å². The zero-order valence-corrected chi connectivity index (χ0v) is 11.3. The highest BCUT2D eigenvalue weighted by molar-refractivity contribution is 6.29. The van der Waals surface area contributed by atoms with E-state index >= 15 is 0 Å². The maximum absolute atomic E-state index is 12.1. The van der Waals surface area contributed by atoms with Crippen LogP contribution in [0.1, 0.15) is 10.4 Å². The lowest BCUT2D eigenvalue weighted by atomic mass is 10.2.